The zero-order valence-corrected chi connectivity index (χ0v) is 15.6. The van der Waals surface area contributed by atoms with Crippen molar-refractivity contribution in [2.75, 3.05) is 36.4 Å². The molecule has 0 aliphatic carbocycles. The summed E-state index contributed by atoms with van der Waals surface area (Å²) in [5.41, 5.74) is 2.26. The molecule has 8 nitrogen and oxygen atoms in total. The van der Waals surface area contributed by atoms with Gasteiger partial charge in [-0.15, -0.1) is 10.2 Å². The van der Waals surface area contributed by atoms with E-state index in [1.54, 1.807) is 0 Å². The molecular weight excluding hydrogens is 350 g/mol. The fourth-order valence-electron chi connectivity index (χ4n) is 3.25. The molecule has 0 saturated carbocycles. The molecule has 4 rings (SSSR count). The number of carbonyl (C=O) groups excluding carboxylic acids is 1. The van der Waals surface area contributed by atoms with Gasteiger partial charge in [-0.3, -0.25) is 9.69 Å². The molecule has 26 heavy (non-hydrogen) atoms. The van der Waals surface area contributed by atoms with Gasteiger partial charge < -0.3 is 14.6 Å². The maximum Gasteiger partial charge on any atom is 0.223 e. The predicted octanol–water partition coefficient (Wildman–Crippen LogP) is 2.03. The van der Waals surface area contributed by atoms with Gasteiger partial charge in [-0.25, -0.2) is 4.98 Å². The minimum absolute atomic E-state index is 0.124. The van der Waals surface area contributed by atoms with Crippen LogP contribution in [0.25, 0.3) is 5.65 Å². The van der Waals surface area contributed by atoms with E-state index in [0.29, 0.717) is 11.2 Å². The number of carbonyl (C=O) groups is 1. The SMILES string of the molecule is CC(=O)Nc1nnc(N2CCN(C(C)c3cc4ncccn4c3)CC2)s1. The van der Waals surface area contributed by atoms with Crippen LogP contribution in [-0.2, 0) is 4.79 Å². The first-order chi connectivity index (χ1) is 12.6. The smallest absolute Gasteiger partial charge is 0.223 e. The Kier molecular flexibility index (Phi) is 4.56. The van der Waals surface area contributed by atoms with E-state index in [1.165, 1.54) is 23.8 Å². The molecule has 136 valence electrons. The normalized spacial score (nSPS) is 16.8. The predicted molar refractivity (Wildman–Crippen MR) is 102 cm³/mol. The van der Waals surface area contributed by atoms with Gasteiger partial charge in [0.15, 0.2) is 0 Å². The van der Waals surface area contributed by atoms with E-state index >= 15 is 0 Å². The van der Waals surface area contributed by atoms with Crippen molar-refractivity contribution in [3.05, 3.63) is 36.3 Å². The summed E-state index contributed by atoms with van der Waals surface area (Å²) < 4.78 is 2.06. The van der Waals surface area contributed by atoms with Crippen LogP contribution >= 0.6 is 11.3 Å². The first-order valence-electron chi connectivity index (χ1n) is 8.63. The van der Waals surface area contributed by atoms with E-state index in [9.17, 15) is 4.79 Å². The highest BCUT2D eigenvalue weighted by molar-refractivity contribution is 7.19. The number of aromatic nitrogens is 4. The molecule has 4 heterocycles. The minimum atomic E-state index is -0.124. The van der Waals surface area contributed by atoms with E-state index in [0.717, 1.165) is 37.0 Å². The van der Waals surface area contributed by atoms with E-state index in [2.05, 4.69) is 53.9 Å². The lowest BCUT2D eigenvalue weighted by atomic mass is 10.1. The number of rotatable bonds is 4. The molecule has 1 aliphatic heterocycles. The molecule has 0 bridgehead atoms. The van der Waals surface area contributed by atoms with Crippen molar-refractivity contribution in [3.63, 3.8) is 0 Å². The lowest BCUT2D eigenvalue weighted by Crippen LogP contribution is -2.47. The molecular formula is C17H21N7OS. The van der Waals surface area contributed by atoms with Crippen LogP contribution in [0, 0.1) is 0 Å². The fourth-order valence-corrected chi connectivity index (χ4v) is 4.09. The molecule has 1 saturated heterocycles. The lowest BCUT2D eigenvalue weighted by Gasteiger charge is -2.37. The Morgan fingerprint density at radius 2 is 2.08 bits per heavy atom. The summed E-state index contributed by atoms with van der Waals surface area (Å²) >= 11 is 1.42. The average Bonchev–Trinajstić information content (AvgIpc) is 3.27. The Morgan fingerprint density at radius 3 is 2.81 bits per heavy atom. The molecule has 1 amide bonds. The number of hydrogen-bond acceptors (Lipinski definition) is 7. The van der Waals surface area contributed by atoms with Gasteiger partial charge in [0, 0.05) is 57.7 Å². The Bertz CT molecular complexity index is 880. The molecule has 3 aromatic rings. The maximum absolute atomic E-state index is 11.1. The van der Waals surface area contributed by atoms with Gasteiger partial charge in [0.05, 0.1) is 0 Å². The first-order valence-corrected chi connectivity index (χ1v) is 9.44. The third-order valence-corrected chi connectivity index (χ3v) is 5.60. The van der Waals surface area contributed by atoms with Crippen molar-refractivity contribution in [3.8, 4) is 0 Å². The van der Waals surface area contributed by atoms with Crippen molar-refractivity contribution in [1.82, 2.24) is 24.5 Å². The van der Waals surface area contributed by atoms with Crippen LogP contribution in [0.15, 0.2) is 30.7 Å². The summed E-state index contributed by atoms with van der Waals surface area (Å²) in [6, 6.07) is 4.43. The summed E-state index contributed by atoms with van der Waals surface area (Å²) in [6.45, 7) is 7.41. The van der Waals surface area contributed by atoms with E-state index in [4.69, 9.17) is 0 Å². The Hall–Kier alpha value is -2.52. The van der Waals surface area contributed by atoms with Crippen LogP contribution in [0.3, 0.4) is 0 Å². The number of hydrogen-bond donors (Lipinski definition) is 1. The topological polar surface area (TPSA) is 78.7 Å². The third kappa shape index (κ3) is 3.40. The number of anilines is 2. The van der Waals surface area contributed by atoms with Crippen molar-refractivity contribution in [2.45, 2.75) is 19.9 Å². The highest BCUT2D eigenvalue weighted by atomic mass is 32.1. The second-order valence-electron chi connectivity index (χ2n) is 6.43. The van der Waals surface area contributed by atoms with E-state index < -0.39 is 0 Å². The third-order valence-electron chi connectivity index (χ3n) is 4.70. The van der Waals surface area contributed by atoms with Crippen LogP contribution in [-0.4, -0.2) is 56.6 Å². The molecule has 1 N–H and O–H groups in total. The molecule has 3 aromatic heterocycles. The largest absolute Gasteiger partial charge is 0.344 e. The average molecular weight is 371 g/mol. The zero-order chi connectivity index (χ0) is 18.1. The summed E-state index contributed by atoms with van der Waals surface area (Å²) in [5, 5.41) is 12.3. The van der Waals surface area contributed by atoms with Gasteiger partial charge in [-0.2, -0.15) is 0 Å². The van der Waals surface area contributed by atoms with Gasteiger partial charge in [0.25, 0.3) is 0 Å². The lowest BCUT2D eigenvalue weighted by molar-refractivity contribution is -0.114. The maximum atomic E-state index is 11.1. The molecule has 1 atom stereocenters. The van der Waals surface area contributed by atoms with Gasteiger partial charge >= 0.3 is 0 Å². The molecule has 1 unspecified atom stereocenters. The van der Waals surface area contributed by atoms with Crippen molar-refractivity contribution < 1.29 is 4.79 Å². The fraction of sp³-hybridized carbons (Fsp3) is 0.412. The number of nitrogens with zero attached hydrogens (tertiary/aromatic N) is 6. The van der Waals surface area contributed by atoms with Crippen LogP contribution in [0.4, 0.5) is 10.3 Å². The minimum Gasteiger partial charge on any atom is -0.344 e. The summed E-state index contributed by atoms with van der Waals surface area (Å²) in [6.07, 6.45) is 6.00. The highest BCUT2D eigenvalue weighted by Gasteiger charge is 2.24. The van der Waals surface area contributed by atoms with Crippen molar-refractivity contribution >= 4 is 33.2 Å². The summed E-state index contributed by atoms with van der Waals surface area (Å²) in [5.74, 6) is -0.124. The van der Waals surface area contributed by atoms with Crippen LogP contribution in [0.2, 0.25) is 0 Å². The van der Waals surface area contributed by atoms with Gasteiger partial charge in [-0.1, -0.05) is 11.3 Å². The molecule has 0 aromatic carbocycles. The quantitative estimate of drug-likeness (QED) is 0.756. The Morgan fingerprint density at radius 1 is 1.27 bits per heavy atom. The van der Waals surface area contributed by atoms with Crippen LogP contribution in [0.1, 0.15) is 25.5 Å². The number of fused-ring (bicyclic) bond motifs is 1. The number of amides is 1. The zero-order valence-electron chi connectivity index (χ0n) is 14.8. The van der Waals surface area contributed by atoms with Crippen molar-refractivity contribution in [1.29, 1.82) is 0 Å². The second-order valence-corrected chi connectivity index (χ2v) is 7.38. The Balaban J connectivity index is 1.39. The molecule has 1 aliphatic rings. The highest BCUT2D eigenvalue weighted by Crippen LogP contribution is 2.28. The van der Waals surface area contributed by atoms with Gasteiger partial charge in [0.2, 0.25) is 16.2 Å². The van der Waals surface area contributed by atoms with Gasteiger partial charge in [-0.05, 0) is 24.6 Å². The van der Waals surface area contributed by atoms with Crippen LogP contribution in [0.5, 0.6) is 0 Å². The summed E-state index contributed by atoms with van der Waals surface area (Å²) in [4.78, 5) is 20.2. The van der Waals surface area contributed by atoms with Gasteiger partial charge in [0.1, 0.15) is 5.65 Å². The van der Waals surface area contributed by atoms with Crippen molar-refractivity contribution in [2.24, 2.45) is 0 Å². The summed E-state index contributed by atoms with van der Waals surface area (Å²) in [7, 11) is 0. The number of nitrogens with one attached hydrogen (secondary N) is 1. The number of piperazine rings is 1. The van der Waals surface area contributed by atoms with Crippen LogP contribution < -0.4 is 10.2 Å². The monoisotopic (exact) mass is 371 g/mol. The molecule has 1 fully saturated rings. The molecule has 0 radical (unpaired) electrons. The second kappa shape index (κ2) is 7.00. The standard InChI is InChI=1S/C17H21N7OS/c1-12(14-10-15-18-4-3-5-24(15)11-14)22-6-8-23(9-7-22)17-21-20-16(26-17)19-13(2)25/h3-5,10-12H,6-9H2,1-2H3,(H,19,20,25). The Labute approximate surface area is 155 Å². The van der Waals surface area contributed by atoms with E-state index in [1.807, 2.05) is 18.5 Å². The molecule has 0 spiro atoms. The molecule has 9 heteroatoms. The first kappa shape index (κ1) is 16.9. The van der Waals surface area contributed by atoms with E-state index in [-0.39, 0.29) is 5.91 Å².